The predicted octanol–water partition coefficient (Wildman–Crippen LogP) is -0.407. The number of carbonyl (C=O) groups is 1. The van der Waals surface area contributed by atoms with E-state index >= 15 is 0 Å². The van der Waals surface area contributed by atoms with Gasteiger partial charge in [-0.25, -0.2) is 9.36 Å². The lowest BCUT2D eigenvalue weighted by molar-refractivity contribution is -0.894. The molecule has 20 heavy (non-hydrogen) atoms. The highest BCUT2D eigenvalue weighted by molar-refractivity contribution is 5.76. The van der Waals surface area contributed by atoms with E-state index in [2.05, 4.69) is 5.32 Å². The van der Waals surface area contributed by atoms with Crippen molar-refractivity contribution in [2.75, 3.05) is 20.1 Å². The summed E-state index contributed by atoms with van der Waals surface area (Å²) in [6, 6.07) is 7.28. The average Bonchev–Trinajstić information content (AvgIpc) is 2.73. The Kier molecular flexibility index (Phi) is 4.57. The highest BCUT2D eigenvalue weighted by atomic mass is 16.4. The molecule has 6 heteroatoms. The number of quaternary nitrogens is 1. The number of aromatic nitrogens is 1. The van der Waals surface area contributed by atoms with Crippen LogP contribution in [0.2, 0.25) is 0 Å². The molecule has 1 unspecified atom stereocenters. The number of amides is 1. The normalized spacial score (nSPS) is 12.5. The first kappa shape index (κ1) is 14.3. The summed E-state index contributed by atoms with van der Waals surface area (Å²) < 4.78 is 6.72. The van der Waals surface area contributed by atoms with Crippen molar-refractivity contribution in [1.29, 1.82) is 0 Å². The maximum Gasteiger partial charge on any atom is 0.424 e. The summed E-state index contributed by atoms with van der Waals surface area (Å²) in [6.07, 6.45) is 0.913. The Balaban J connectivity index is 2.06. The van der Waals surface area contributed by atoms with Crippen LogP contribution in [0.15, 0.2) is 33.5 Å². The molecular weight excluding hydrogens is 258 g/mol. The minimum absolute atomic E-state index is 0.00907. The van der Waals surface area contributed by atoms with Crippen molar-refractivity contribution in [1.82, 2.24) is 9.88 Å². The van der Waals surface area contributed by atoms with Gasteiger partial charge in [0.1, 0.15) is 0 Å². The number of benzene rings is 1. The van der Waals surface area contributed by atoms with E-state index in [0.29, 0.717) is 25.3 Å². The van der Waals surface area contributed by atoms with Gasteiger partial charge in [-0.1, -0.05) is 19.1 Å². The number of nitrogens with one attached hydrogen (secondary N) is 2. The first-order valence-electron chi connectivity index (χ1n) is 6.78. The molecule has 0 radical (unpaired) electrons. The van der Waals surface area contributed by atoms with Crippen LogP contribution in [0.4, 0.5) is 0 Å². The lowest BCUT2D eigenvalue weighted by Gasteiger charge is -2.13. The number of nitrogens with zero attached hydrogens (tertiary/aromatic N) is 1. The summed E-state index contributed by atoms with van der Waals surface area (Å²) in [5, 5.41) is 2.82. The van der Waals surface area contributed by atoms with Gasteiger partial charge in [-0.2, -0.15) is 0 Å². The Morgan fingerprint density at radius 1 is 1.40 bits per heavy atom. The lowest BCUT2D eigenvalue weighted by atomic mass is 10.3. The van der Waals surface area contributed by atoms with Crippen molar-refractivity contribution in [2.24, 2.45) is 0 Å². The van der Waals surface area contributed by atoms with Crippen LogP contribution in [0, 0.1) is 0 Å². The monoisotopic (exact) mass is 278 g/mol. The van der Waals surface area contributed by atoms with Crippen molar-refractivity contribution in [3.05, 3.63) is 34.8 Å². The van der Waals surface area contributed by atoms with Gasteiger partial charge >= 0.3 is 5.76 Å². The molecule has 108 valence electrons. The number of likely N-dealkylation sites (N-methyl/N-ethyl adjacent to an activating group) is 1. The van der Waals surface area contributed by atoms with Crippen molar-refractivity contribution in [3.8, 4) is 0 Å². The molecule has 2 rings (SSSR count). The molecule has 2 aromatic rings. The summed E-state index contributed by atoms with van der Waals surface area (Å²) >= 11 is 0. The van der Waals surface area contributed by atoms with E-state index < -0.39 is 0 Å². The molecule has 1 amide bonds. The third-order valence-electron chi connectivity index (χ3n) is 3.04. The van der Waals surface area contributed by atoms with E-state index in [0.717, 1.165) is 16.8 Å². The van der Waals surface area contributed by atoms with Gasteiger partial charge in [-0.05, 0) is 18.6 Å². The molecule has 0 aliphatic rings. The highest BCUT2D eigenvalue weighted by Crippen LogP contribution is 2.10. The van der Waals surface area contributed by atoms with Crippen LogP contribution in [-0.4, -0.2) is 30.6 Å². The standard InChI is InChI=1S/C14H19N3O3/c1-3-8-15-13(18)9-16(2)10-17-11-6-4-5-7-12(11)20-14(17)19/h4-7H,3,8-10H2,1-2H3,(H,15,18)/p+1. The van der Waals surface area contributed by atoms with E-state index in [-0.39, 0.29) is 11.7 Å². The van der Waals surface area contributed by atoms with Gasteiger partial charge in [0.2, 0.25) is 0 Å². The van der Waals surface area contributed by atoms with E-state index in [1.165, 1.54) is 0 Å². The zero-order valence-electron chi connectivity index (χ0n) is 11.8. The fraction of sp³-hybridized carbons (Fsp3) is 0.429. The van der Waals surface area contributed by atoms with E-state index in [1.54, 1.807) is 10.6 Å². The Morgan fingerprint density at radius 2 is 2.15 bits per heavy atom. The fourth-order valence-corrected chi connectivity index (χ4v) is 2.09. The Labute approximate surface area is 117 Å². The van der Waals surface area contributed by atoms with Crippen molar-refractivity contribution < 1.29 is 14.1 Å². The van der Waals surface area contributed by atoms with Crippen LogP contribution in [0.1, 0.15) is 13.3 Å². The third-order valence-corrected chi connectivity index (χ3v) is 3.04. The second kappa shape index (κ2) is 6.38. The maximum absolute atomic E-state index is 11.8. The zero-order chi connectivity index (χ0) is 14.5. The summed E-state index contributed by atoms with van der Waals surface area (Å²) in [4.78, 5) is 24.4. The zero-order valence-corrected chi connectivity index (χ0v) is 11.8. The van der Waals surface area contributed by atoms with Crippen molar-refractivity contribution in [2.45, 2.75) is 20.0 Å². The number of hydrogen-bond donors (Lipinski definition) is 2. The minimum atomic E-state index is -0.389. The van der Waals surface area contributed by atoms with Gasteiger partial charge < -0.3 is 14.6 Å². The lowest BCUT2D eigenvalue weighted by Crippen LogP contribution is -3.09. The van der Waals surface area contributed by atoms with Gasteiger partial charge in [0.15, 0.2) is 18.8 Å². The van der Waals surface area contributed by atoms with Crippen LogP contribution in [0.25, 0.3) is 11.1 Å². The first-order chi connectivity index (χ1) is 9.61. The van der Waals surface area contributed by atoms with Crippen molar-refractivity contribution in [3.63, 3.8) is 0 Å². The molecule has 1 aromatic heterocycles. The van der Waals surface area contributed by atoms with E-state index in [4.69, 9.17) is 4.42 Å². The molecule has 0 aliphatic carbocycles. The average molecular weight is 278 g/mol. The molecule has 1 atom stereocenters. The van der Waals surface area contributed by atoms with E-state index in [9.17, 15) is 9.59 Å². The largest absolute Gasteiger partial charge is 0.424 e. The van der Waals surface area contributed by atoms with Gasteiger partial charge in [-0.15, -0.1) is 0 Å². The molecule has 0 saturated heterocycles. The molecule has 0 aliphatic heterocycles. The number of carbonyl (C=O) groups excluding carboxylic acids is 1. The molecular formula is C14H20N3O3+. The second-order valence-corrected chi connectivity index (χ2v) is 4.91. The van der Waals surface area contributed by atoms with Gasteiger partial charge in [-0.3, -0.25) is 4.79 Å². The number of para-hydroxylation sites is 2. The highest BCUT2D eigenvalue weighted by Gasteiger charge is 2.14. The summed E-state index contributed by atoms with van der Waals surface area (Å²) in [5.41, 5.74) is 1.33. The summed E-state index contributed by atoms with van der Waals surface area (Å²) in [5.74, 6) is -0.398. The minimum Gasteiger partial charge on any atom is -0.408 e. The first-order valence-corrected chi connectivity index (χ1v) is 6.78. The molecule has 0 spiro atoms. The topological polar surface area (TPSA) is 68.7 Å². The molecule has 0 fully saturated rings. The molecule has 1 aromatic carbocycles. The fourth-order valence-electron chi connectivity index (χ4n) is 2.09. The van der Waals surface area contributed by atoms with Crippen LogP contribution in [0.3, 0.4) is 0 Å². The molecule has 1 heterocycles. The number of fused-ring (bicyclic) bond motifs is 1. The number of oxazole rings is 1. The number of rotatable bonds is 6. The quantitative estimate of drug-likeness (QED) is 0.755. The Bertz CT molecular complexity index is 644. The summed E-state index contributed by atoms with van der Waals surface area (Å²) in [6.45, 7) is 3.41. The maximum atomic E-state index is 11.8. The van der Waals surface area contributed by atoms with Gasteiger partial charge in [0.05, 0.1) is 12.6 Å². The van der Waals surface area contributed by atoms with Crippen LogP contribution in [-0.2, 0) is 11.5 Å². The van der Waals surface area contributed by atoms with Crippen LogP contribution >= 0.6 is 0 Å². The van der Waals surface area contributed by atoms with E-state index in [1.807, 2.05) is 32.2 Å². The molecule has 2 N–H and O–H groups in total. The Hall–Kier alpha value is -2.08. The molecule has 6 nitrogen and oxygen atoms in total. The van der Waals surface area contributed by atoms with Gasteiger partial charge in [0, 0.05) is 6.54 Å². The SMILES string of the molecule is CCCNC(=O)C[NH+](C)Cn1c(=O)oc2ccccc21. The van der Waals surface area contributed by atoms with Crippen molar-refractivity contribution >= 4 is 17.0 Å². The van der Waals surface area contributed by atoms with Gasteiger partial charge in [0.25, 0.3) is 5.91 Å². The third kappa shape index (κ3) is 3.27. The van der Waals surface area contributed by atoms with Crippen LogP contribution < -0.4 is 16.0 Å². The van der Waals surface area contributed by atoms with Crippen LogP contribution in [0.5, 0.6) is 0 Å². The number of hydrogen-bond acceptors (Lipinski definition) is 3. The smallest absolute Gasteiger partial charge is 0.408 e. The predicted molar refractivity (Wildman–Crippen MR) is 75.5 cm³/mol. The summed E-state index contributed by atoms with van der Waals surface area (Å²) in [7, 11) is 1.87. The second-order valence-electron chi connectivity index (χ2n) is 4.91. The molecule has 0 saturated carbocycles. The molecule has 0 bridgehead atoms. The Morgan fingerprint density at radius 3 is 2.90 bits per heavy atom.